The lowest BCUT2D eigenvalue weighted by atomic mass is 10.1. The molecule has 3 nitrogen and oxygen atoms in total. The molecule has 0 bridgehead atoms. The Labute approximate surface area is 99.3 Å². The first-order chi connectivity index (χ1) is 7.63. The number of halogens is 2. The van der Waals surface area contributed by atoms with E-state index in [1.165, 1.54) is 0 Å². The quantitative estimate of drug-likeness (QED) is 0.549. The first kappa shape index (κ1) is 12.8. The Balaban J connectivity index is 2.63. The van der Waals surface area contributed by atoms with E-state index >= 15 is 0 Å². The van der Waals surface area contributed by atoms with Crippen molar-refractivity contribution in [2.45, 2.75) is 19.4 Å². The number of rotatable bonds is 5. The predicted molar refractivity (Wildman–Crippen MR) is 64.5 cm³/mol. The summed E-state index contributed by atoms with van der Waals surface area (Å²) in [6.45, 7) is 0.141. The minimum Gasteiger partial charge on any atom is -0.370 e. The molecule has 0 saturated carbocycles. The van der Waals surface area contributed by atoms with Crippen LogP contribution in [0, 0.1) is 5.41 Å². The van der Waals surface area contributed by atoms with Crippen LogP contribution in [0.1, 0.15) is 17.5 Å². The molecule has 5 heteroatoms. The number of hydrogen-bond donors (Lipinski definition) is 3. The number of nitrogens with two attached hydrogens (primary N) is 1. The highest BCUT2D eigenvalue weighted by atomic mass is 35.5. The van der Waals surface area contributed by atoms with Gasteiger partial charge in [-0.2, -0.15) is 0 Å². The molecule has 0 amide bonds. The normalized spacial score (nSPS) is 10.1. The maximum absolute atomic E-state index is 12.0. The van der Waals surface area contributed by atoms with Crippen LogP contribution in [0.25, 0.3) is 0 Å². The second-order valence-corrected chi connectivity index (χ2v) is 3.89. The van der Waals surface area contributed by atoms with Gasteiger partial charge in [0.2, 0.25) is 0 Å². The van der Waals surface area contributed by atoms with E-state index in [0.29, 0.717) is 24.4 Å². The van der Waals surface area contributed by atoms with Crippen molar-refractivity contribution in [2.75, 3.05) is 6.67 Å². The third-order valence-corrected chi connectivity index (χ3v) is 2.53. The van der Waals surface area contributed by atoms with Crippen LogP contribution < -0.4 is 11.1 Å². The van der Waals surface area contributed by atoms with Crippen molar-refractivity contribution in [2.24, 2.45) is 5.73 Å². The van der Waals surface area contributed by atoms with Crippen LogP contribution >= 0.6 is 11.6 Å². The minimum absolute atomic E-state index is 0.0716. The molecule has 1 rings (SSSR count). The highest BCUT2D eigenvalue weighted by Gasteiger charge is 2.02. The third kappa shape index (κ3) is 4.06. The van der Waals surface area contributed by atoms with E-state index in [1.54, 1.807) is 0 Å². The summed E-state index contributed by atoms with van der Waals surface area (Å²) < 4.78 is 12.0. The van der Waals surface area contributed by atoms with Crippen molar-refractivity contribution in [1.82, 2.24) is 5.32 Å². The number of alkyl halides is 1. The van der Waals surface area contributed by atoms with Crippen LogP contribution in [0.3, 0.4) is 0 Å². The van der Waals surface area contributed by atoms with Crippen molar-refractivity contribution in [3.8, 4) is 0 Å². The summed E-state index contributed by atoms with van der Waals surface area (Å²) in [6.07, 6.45) is 1.14. The Hall–Kier alpha value is -1.29. The maximum Gasteiger partial charge on any atom is 0.185 e. The molecule has 1 aromatic rings. The van der Waals surface area contributed by atoms with Gasteiger partial charge in [0.05, 0.1) is 6.67 Å². The number of hydrogen-bond acceptors (Lipinski definition) is 1. The second kappa shape index (κ2) is 6.33. The van der Waals surface area contributed by atoms with Gasteiger partial charge in [-0.15, -0.1) is 0 Å². The van der Waals surface area contributed by atoms with E-state index in [0.717, 1.165) is 11.1 Å². The van der Waals surface area contributed by atoms with Crippen molar-refractivity contribution < 1.29 is 4.39 Å². The topological polar surface area (TPSA) is 61.9 Å². The van der Waals surface area contributed by atoms with Gasteiger partial charge in [0.25, 0.3) is 0 Å². The van der Waals surface area contributed by atoms with E-state index in [-0.39, 0.29) is 12.6 Å². The monoisotopic (exact) mass is 243 g/mol. The van der Waals surface area contributed by atoms with Crippen LogP contribution in [0.5, 0.6) is 0 Å². The average molecular weight is 244 g/mol. The molecule has 16 heavy (non-hydrogen) atoms. The van der Waals surface area contributed by atoms with Crippen LogP contribution in [-0.4, -0.2) is 12.6 Å². The summed E-state index contributed by atoms with van der Waals surface area (Å²) in [5.41, 5.74) is 7.07. The van der Waals surface area contributed by atoms with Crippen molar-refractivity contribution in [1.29, 1.82) is 5.41 Å². The predicted octanol–water partition coefficient (Wildman–Crippen LogP) is 2.23. The first-order valence-corrected chi connectivity index (χ1v) is 5.42. The average Bonchev–Trinajstić information content (AvgIpc) is 2.25. The zero-order valence-electron chi connectivity index (χ0n) is 8.89. The van der Waals surface area contributed by atoms with E-state index in [9.17, 15) is 4.39 Å². The summed E-state index contributed by atoms with van der Waals surface area (Å²) in [4.78, 5) is 0. The number of nitrogens with one attached hydrogen (secondary N) is 2. The van der Waals surface area contributed by atoms with Gasteiger partial charge in [0, 0.05) is 11.6 Å². The van der Waals surface area contributed by atoms with Gasteiger partial charge in [-0.25, -0.2) is 0 Å². The zero-order valence-corrected chi connectivity index (χ0v) is 9.65. The zero-order chi connectivity index (χ0) is 12.0. The van der Waals surface area contributed by atoms with Crippen molar-refractivity contribution in [3.63, 3.8) is 0 Å². The fraction of sp³-hybridized carbons (Fsp3) is 0.364. The summed E-state index contributed by atoms with van der Waals surface area (Å²) in [5.74, 6) is -0.0716. The summed E-state index contributed by atoms with van der Waals surface area (Å²) >= 11 is 6.05. The van der Waals surface area contributed by atoms with Gasteiger partial charge in [0.15, 0.2) is 5.96 Å². The highest BCUT2D eigenvalue weighted by molar-refractivity contribution is 6.31. The first-order valence-electron chi connectivity index (χ1n) is 5.04. The number of benzene rings is 1. The van der Waals surface area contributed by atoms with Crippen LogP contribution in [0.2, 0.25) is 5.02 Å². The van der Waals surface area contributed by atoms with E-state index in [4.69, 9.17) is 22.7 Å². The Kier molecular flexibility index (Phi) is 5.05. The Morgan fingerprint density at radius 3 is 2.81 bits per heavy atom. The lowest BCUT2D eigenvalue weighted by Gasteiger charge is -2.07. The summed E-state index contributed by atoms with van der Waals surface area (Å²) in [5, 5.41) is 10.4. The SMILES string of the molecule is N=C(N)NCc1ccc(CCCF)c(Cl)c1. The van der Waals surface area contributed by atoms with Gasteiger partial charge < -0.3 is 11.1 Å². The van der Waals surface area contributed by atoms with Gasteiger partial charge in [-0.3, -0.25) is 9.80 Å². The molecule has 0 radical (unpaired) electrons. The smallest absolute Gasteiger partial charge is 0.185 e. The fourth-order valence-electron chi connectivity index (χ4n) is 1.36. The summed E-state index contributed by atoms with van der Waals surface area (Å²) in [7, 11) is 0. The summed E-state index contributed by atoms with van der Waals surface area (Å²) in [6, 6.07) is 5.59. The second-order valence-electron chi connectivity index (χ2n) is 3.49. The van der Waals surface area contributed by atoms with E-state index in [2.05, 4.69) is 5.32 Å². The number of aryl methyl sites for hydroxylation is 1. The molecule has 88 valence electrons. The standard InChI is InChI=1S/C11H15ClFN3/c12-10-6-8(7-16-11(14)15)3-4-9(10)2-1-5-13/h3-4,6H,1-2,5,7H2,(H4,14,15,16). The van der Waals surface area contributed by atoms with E-state index < -0.39 is 0 Å². The van der Waals surface area contributed by atoms with Gasteiger partial charge >= 0.3 is 0 Å². The molecule has 0 heterocycles. The third-order valence-electron chi connectivity index (χ3n) is 2.18. The molecular weight excluding hydrogens is 229 g/mol. The number of guanidine groups is 1. The highest BCUT2D eigenvalue weighted by Crippen LogP contribution is 2.19. The molecule has 0 saturated heterocycles. The Morgan fingerprint density at radius 1 is 1.50 bits per heavy atom. The fourth-order valence-corrected chi connectivity index (χ4v) is 1.66. The lowest BCUT2D eigenvalue weighted by molar-refractivity contribution is 0.473. The molecule has 0 fully saturated rings. The van der Waals surface area contributed by atoms with E-state index in [1.807, 2.05) is 18.2 Å². The van der Waals surface area contributed by atoms with Gasteiger partial charge in [-0.05, 0) is 30.0 Å². The molecule has 0 aliphatic rings. The maximum atomic E-state index is 12.0. The van der Waals surface area contributed by atoms with Crippen molar-refractivity contribution in [3.05, 3.63) is 34.3 Å². The molecule has 0 aliphatic heterocycles. The minimum atomic E-state index is -0.329. The Morgan fingerprint density at radius 2 is 2.25 bits per heavy atom. The Bertz CT molecular complexity index is 368. The molecule has 4 N–H and O–H groups in total. The van der Waals surface area contributed by atoms with Crippen molar-refractivity contribution >= 4 is 17.6 Å². The molecular formula is C11H15ClFN3. The van der Waals surface area contributed by atoms with Crippen LogP contribution in [0.15, 0.2) is 18.2 Å². The van der Waals surface area contributed by atoms with Crippen LogP contribution in [-0.2, 0) is 13.0 Å². The molecule has 0 aliphatic carbocycles. The molecule has 1 aromatic carbocycles. The molecule has 0 atom stereocenters. The lowest BCUT2D eigenvalue weighted by Crippen LogP contribution is -2.29. The molecule has 0 unspecified atom stereocenters. The molecule has 0 aromatic heterocycles. The van der Waals surface area contributed by atoms with Crippen LogP contribution in [0.4, 0.5) is 4.39 Å². The van der Waals surface area contributed by atoms with Gasteiger partial charge in [-0.1, -0.05) is 23.7 Å². The largest absolute Gasteiger partial charge is 0.370 e. The van der Waals surface area contributed by atoms with Gasteiger partial charge in [0.1, 0.15) is 0 Å². The molecule has 0 spiro atoms.